The highest BCUT2D eigenvalue weighted by Crippen LogP contribution is 2.18. The van der Waals surface area contributed by atoms with Gasteiger partial charge in [0.2, 0.25) is 0 Å². The van der Waals surface area contributed by atoms with Crippen LogP contribution >= 0.6 is 0 Å². The molecule has 2 rings (SSSR count). The lowest BCUT2D eigenvalue weighted by atomic mass is 10.0. The number of aliphatic hydroxyl groups excluding tert-OH is 1. The van der Waals surface area contributed by atoms with E-state index in [-0.39, 0.29) is 6.61 Å². The summed E-state index contributed by atoms with van der Waals surface area (Å²) in [7, 11) is 0. The van der Waals surface area contributed by atoms with Gasteiger partial charge in [0.1, 0.15) is 6.10 Å². The van der Waals surface area contributed by atoms with Crippen molar-refractivity contribution in [2.75, 3.05) is 11.9 Å². The van der Waals surface area contributed by atoms with E-state index in [0.717, 1.165) is 5.56 Å². The molecule has 2 aromatic rings. The van der Waals surface area contributed by atoms with Crippen molar-refractivity contribution in [1.29, 1.82) is 0 Å². The Hall–Kier alpha value is -2.86. The minimum absolute atomic E-state index is 0.151. The molecule has 0 aromatic heterocycles. The molecule has 2 unspecified atom stereocenters. The highest BCUT2D eigenvalue weighted by atomic mass is 16.5. The van der Waals surface area contributed by atoms with Crippen LogP contribution in [0.25, 0.3) is 0 Å². The predicted molar refractivity (Wildman–Crippen MR) is 95.2 cm³/mol. The number of carbonyl (C=O) groups excluding carboxylic acids is 2. The van der Waals surface area contributed by atoms with E-state index in [2.05, 4.69) is 10.6 Å². The fourth-order valence-electron chi connectivity index (χ4n) is 2.29. The van der Waals surface area contributed by atoms with E-state index in [0.29, 0.717) is 11.3 Å². The van der Waals surface area contributed by atoms with Crippen molar-refractivity contribution >= 4 is 17.7 Å². The number of carbonyl (C=O) groups is 2. The number of urea groups is 1. The maximum Gasteiger partial charge on any atom is 0.331 e. The first-order valence-electron chi connectivity index (χ1n) is 8.05. The van der Waals surface area contributed by atoms with Gasteiger partial charge in [-0.2, -0.15) is 0 Å². The Morgan fingerprint density at radius 2 is 1.72 bits per heavy atom. The summed E-state index contributed by atoms with van der Waals surface area (Å²) in [6, 6.07) is 14.0. The van der Waals surface area contributed by atoms with Gasteiger partial charge >= 0.3 is 12.0 Å². The van der Waals surface area contributed by atoms with E-state index in [4.69, 9.17) is 4.74 Å². The van der Waals surface area contributed by atoms with E-state index >= 15 is 0 Å². The van der Waals surface area contributed by atoms with E-state index in [1.165, 1.54) is 0 Å². The summed E-state index contributed by atoms with van der Waals surface area (Å²) in [5.74, 6) is -0.696. The molecular formula is C19H22N2O4. The Balaban J connectivity index is 2.11. The molecule has 2 amide bonds. The fraction of sp³-hybridized carbons (Fsp3) is 0.263. The summed E-state index contributed by atoms with van der Waals surface area (Å²) in [6.07, 6.45) is -1.22. The zero-order valence-corrected chi connectivity index (χ0v) is 14.2. The molecule has 6 heteroatoms. The van der Waals surface area contributed by atoms with Gasteiger partial charge in [-0.3, -0.25) is 0 Å². The first-order valence-corrected chi connectivity index (χ1v) is 8.05. The van der Waals surface area contributed by atoms with Crippen molar-refractivity contribution in [2.24, 2.45) is 0 Å². The first-order chi connectivity index (χ1) is 12.0. The van der Waals surface area contributed by atoms with Crippen LogP contribution in [0.5, 0.6) is 0 Å². The zero-order chi connectivity index (χ0) is 18.2. The number of ether oxygens (including phenoxy) is 1. The molecule has 0 bridgehead atoms. The second-order valence-electron chi connectivity index (χ2n) is 5.55. The van der Waals surface area contributed by atoms with Crippen LogP contribution in [-0.2, 0) is 9.53 Å². The van der Waals surface area contributed by atoms with E-state index in [9.17, 15) is 14.7 Å². The van der Waals surface area contributed by atoms with Gasteiger partial charge in [-0.1, -0.05) is 48.0 Å². The number of hydrogen-bond donors (Lipinski definition) is 3. The third kappa shape index (κ3) is 5.32. The molecule has 0 saturated heterocycles. The van der Waals surface area contributed by atoms with Crippen LogP contribution in [0.3, 0.4) is 0 Å². The summed E-state index contributed by atoms with van der Waals surface area (Å²) in [5.41, 5.74) is 2.16. The third-order valence-electron chi connectivity index (χ3n) is 3.59. The summed E-state index contributed by atoms with van der Waals surface area (Å²) in [5, 5.41) is 15.6. The van der Waals surface area contributed by atoms with Gasteiger partial charge in [0.25, 0.3) is 0 Å². The SMILES string of the molecule is CCOC(=O)C(NC(=O)Nc1ccc(C)cc1)C(O)c1ccccc1. The number of nitrogens with one attached hydrogen (secondary N) is 2. The van der Waals surface area contributed by atoms with Gasteiger partial charge in [-0.05, 0) is 31.5 Å². The van der Waals surface area contributed by atoms with Crippen molar-refractivity contribution in [3.8, 4) is 0 Å². The smallest absolute Gasteiger partial charge is 0.331 e. The maximum atomic E-state index is 12.2. The van der Waals surface area contributed by atoms with Crippen LogP contribution in [0.2, 0.25) is 0 Å². The number of benzene rings is 2. The van der Waals surface area contributed by atoms with Crippen molar-refractivity contribution in [3.63, 3.8) is 0 Å². The average molecular weight is 342 g/mol. The molecule has 25 heavy (non-hydrogen) atoms. The summed E-state index contributed by atoms with van der Waals surface area (Å²) < 4.78 is 4.97. The number of aliphatic hydroxyl groups is 1. The molecule has 0 saturated carbocycles. The molecule has 0 fully saturated rings. The lowest BCUT2D eigenvalue weighted by Gasteiger charge is -2.23. The molecule has 2 atom stereocenters. The molecule has 0 radical (unpaired) electrons. The molecule has 0 spiro atoms. The summed E-state index contributed by atoms with van der Waals surface area (Å²) in [4.78, 5) is 24.4. The highest BCUT2D eigenvalue weighted by Gasteiger charge is 2.31. The van der Waals surface area contributed by atoms with Gasteiger partial charge in [0.05, 0.1) is 6.61 Å². The van der Waals surface area contributed by atoms with Crippen LogP contribution in [0, 0.1) is 6.92 Å². The summed E-state index contributed by atoms with van der Waals surface area (Å²) >= 11 is 0. The largest absolute Gasteiger partial charge is 0.464 e. The monoisotopic (exact) mass is 342 g/mol. The van der Waals surface area contributed by atoms with Gasteiger partial charge < -0.3 is 20.5 Å². The van der Waals surface area contributed by atoms with Crippen molar-refractivity contribution in [2.45, 2.75) is 26.0 Å². The predicted octanol–water partition coefficient (Wildman–Crippen LogP) is 2.78. The lowest BCUT2D eigenvalue weighted by Crippen LogP contribution is -2.47. The second-order valence-corrected chi connectivity index (χ2v) is 5.55. The molecule has 2 aromatic carbocycles. The standard InChI is InChI=1S/C19H22N2O4/c1-3-25-18(23)16(17(22)14-7-5-4-6-8-14)21-19(24)20-15-11-9-13(2)10-12-15/h4-12,16-17,22H,3H2,1-2H3,(H2,20,21,24). The Bertz CT molecular complexity index is 701. The lowest BCUT2D eigenvalue weighted by molar-refractivity contribution is -0.148. The number of rotatable bonds is 6. The van der Waals surface area contributed by atoms with Gasteiger partial charge in [-0.25, -0.2) is 9.59 Å². The number of esters is 1. The van der Waals surface area contributed by atoms with Gasteiger partial charge in [-0.15, -0.1) is 0 Å². The number of amides is 2. The van der Waals surface area contributed by atoms with Crippen molar-refractivity contribution in [3.05, 3.63) is 65.7 Å². The molecule has 3 N–H and O–H groups in total. The Kier molecular flexibility index (Phi) is 6.54. The van der Waals surface area contributed by atoms with Crippen molar-refractivity contribution in [1.82, 2.24) is 5.32 Å². The number of anilines is 1. The Morgan fingerprint density at radius 3 is 2.32 bits per heavy atom. The van der Waals surface area contributed by atoms with Crippen LogP contribution in [0.15, 0.2) is 54.6 Å². The number of aryl methyl sites for hydroxylation is 1. The Labute approximate surface area is 146 Å². The molecule has 0 heterocycles. The maximum absolute atomic E-state index is 12.2. The van der Waals surface area contributed by atoms with Crippen LogP contribution < -0.4 is 10.6 Å². The molecule has 0 aliphatic rings. The van der Waals surface area contributed by atoms with Crippen LogP contribution in [-0.4, -0.2) is 29.8 Å². The molecule has 132 valence electrons. The number of hydrogen-bond acceptors (Lipinski definition) is 4. The van der Waals surface area contributed by atoms with Crippen molar-refractivity contribution < 1.29 is 19.4 Å². The first kappa shape index (κ1) is 18.5. The van der Waals surface area contributed by atoms with Crippen LogP contribution in [0.1, 0.15) is 24.2 Å². The van der Waals surface area contributed by atoms with Gasteiger partial charge in [0.15, 0.2) is 6.04 Å². The van der Waals surface area contributed by atoms with E-state index in [1.807, 2.05) is 19.1 Å². The normalized spacial score (nSPS) is 12.8. The van der Waals surface area contributed by atoms with Crippen LogP contribution in [0.4, 0.5) is 10.5 Å². The molecule has 0 aliphatic carbocycles. The molecular weight excluding hydrogens is 320 g/mol. The average Bonchev–Trinajstić information content (AvgIpc) is 2.62. The van der Waals surface area contributed by atoms with E-state index in [1.54, 1.807) is 49.4 Å². The third-order valence-corrected chi connectivity index (χ3v) is 3.59. The molecule has 0 aliphatic heterocycles. The quantitative estimate of drug-likeness (QED) is 0.705. The minimum Gasteiger partial charge on any atom is -0.464 e. The van der Waals surface area contributed by atoms with Gasteiger partial charge in [0, 0.05) is 5.69 Å². The highest BCUT2D eigenvalue weighted by molar-refractivity contribution is 5.92. The fourth-order valence-corrected chi connectivity index (χ4v) is 2.29. The second kappa shape index (κ2) is 8.84. The Morgan fingerprint density at radius 1 is 1.08 bits per heavy atom. The zero-order valence-electron chi connectivity index (χ0n) is 14.2. The van der Waals surface area contributed by atoms with E-state index < -0.39 is 24.1 Å². The minimum atomic E-state index is -1.22. The topological polar surface area (TPSA) is 87.7 Å². The summed E-state index contributed by atoms with van der Waals surface area (Å²) in [6.45, 7) is 3.76. The molecule has 6 nitrogen and oxygen atoms in total.